The van der Waals surface area contributed by atoms with Gasteiger partial charge >= 0.3 is 0 Å². The van der Waals surface area contributed by atoms with Crippen LogP contribution in [-0.2, 0) is 12.8 Å². The average molecular weight is 331 g/mol. The molecule has 22 heavy (non-hydrogen) atoms. The molecular formula is C20H26S2. The highest BCUT2D eigenvalue weighted by Crippen LogP contribution is 2.40. The fourth-order valence-corrected chi connectivity index (χ4v) is 5.19. The van der Waals surface area contributed by atoms with E-state index in [0.717, 1.165) is 11.8 Å². The van der Waals surface area contributed by atoms with E-state index in [1.807, 2.05) is 22.7 Å². The van der Waals surface area contributed by atoms with Crippen LogP contribution in [0.15, 0.2) is 22.9 Å². The first kappa shape index (κ1) is 16.0. The molecule has 0 aliphatic carbocycles. The molecule has 0 aliphatic heterocycles. The summed E-state index contributed by atoms with van der Waals surface area (Å²) in [6, 6.07) is 4.71. The van der Waals surface area contributed by atoms with Crippen LogP contribution in [0.2, 0.25) is 0 Å². The summed E-state index contributed by atoms with van der Waals surface area (Å²) in [6.45, 7) is 9.31. The zero-order valence-corrected chi connectivity index (χ0v) is 15.7. The van der Waals surface area contributed by atoms with Crippen LogP contribution < -0.4 is 0 Å². The van der Waals surface area contributed by atoms with Gasteiger partial charge in [-0.05, 0) is 82.3 Å². The maximum Gasteiger partial charge on any atom is 0.0384 e. The van der Waals surface area contributed by atoms with Gasteiger partial charge in [-0.1, -0.05) is 27.7 Å². The van der Waals surface area contributed by atoms with E-state index < -0.39 is 0 Å². The first-order valence-electron chi connectivity index (χ1n) is 8.46. The van der Waals surface area contributed by atoms with Gasteiger partial charge in [0.15, 0.2) is 0 Å². The molecule has 0 spiro atoms. The third-order valence-corrected chi connectivity index (χ3v) is 6.42. The first-order chi connectivity index (χ1) is 10.6. The Bertz CT molecular complexity index is 646. The molecule has 1 aromatic carbocycles. The molecule has 2 heteroatoms. The van der Waals surface area contributed by atoms with Crippen molar-refractivity contribution in [3.63, 3.8) is 0 Å². The molecule has 0 bridgehead atoms. The molecule has 118 valence electrons. The predicted octanol–water partition coefficient (Wildman–Crippen LogP) is 7.29. The summed E-state index contributed by atoms with van der Waals surface area (Å²) in [5, 5.41) is 7.62. The Morgan fingerprint density at radius 2 is 1.14 bits per heavy atom. The molecule has 0 saturated carbocycles. The molecule has 0 aliphatic rings. The Kier molecular flexibility index (Phi) is 4.89. The van der Waals surface area contributed by atoms with Crippen LogP contribution in [0.4, 0.5) is 0 Å². The lowest BCUT2D eigenvalue weighted by Gasteiger charge is -2.13. The van der Waals surface area contributed by atoms with E-state index in [-0.39, 0.29) is 0 Å². The molecule has 0 unspecified atom stereocenters. The Morgan fingerprint density at radius 1 is 0.727 bits per heavy atom. The van der Waals surface area contributed by atoms with E-state index in [4.69, 9.17) is 0 Å². The second-order valence-electron chi connectivity index (χ2n) is 7.15. The maximum absolute atomic E-state index is 2.35. The van der Waals surface area contributed by atoms with Crippen LogP contribution in [0.1, 0.15) is 51.7 Å². The van der Waals surface area contributed by atoms with E-state index in [1.54, 1.807) is 20.5 Å². The van der Waals surface area contributed by atoms with E-state index in [1.165, 1.54) is 36.5 Å². The summed E-state index contributed by atoms with van der Waals surface area (Å²) in [5.41, 5.74) is 3.20. The second kappa shape index (κ2) is 6.72. The lowest BCUT2D eigenvalue weighted by atomic mass is 9.93. The Labute approximate surface area is 142 Å². The van der Waals surface area contributed by atoms with Crippen LogP contribution in [0.25, 0.3) is 20.2 Å². The average Bonchev–Trinajstić information content (AvgIpc) is 3.10. The molecule has 2 heterocycles. The number of hydrogen-bond donors (Lipinski definition) is 0. The first-order valence-corrected chi connectivity index (χ1v) is 10.2. The standard InChI is InChI=1S/C20H26S2/c1-13(2)5-7-15-17-9-11-22-20(17)16(8-6-14(3)4)18-10-12-21-19(15)18/h9-14H,5-8H2,1-4H3. The van der Waals surface area contributed by atoms with Gasteiger partial charge in [0.2, 0.25) is 0 Å². The summed E-state index contributed by atoms with van der Waals surface area (Å²) in [4.78, 5) is 0. The lowest BCUT2D eigenvalue weighted by molar-refractivity contribution is 0.588. The minimum atomic E-state index is 0.768. The molecule has 0 fully saturated rings. The van der Waals surface area contributed by atoms with Gasteiger partial charge in [-0.3, -0.25) is 0 Å². The normalized spacial score (nSPS) is 12.3. The van der Waals surface area contributed by atoms with Crippen molar-refractivity contribution in [2.24, 2.45) is 11.8 Å². The molecule has 3 rings (SSSR count). The van der Waals surface area contributed by atoms with E-state index in [9.17, 15) is 0 Å². The van der Waals surface area contributed by atoms with Gasteiger partial charge in [0, 0.05) is 9.40 Å². The van der Waals surface area contributed by atoms with Crippen molar-refractivity contribution in [3.8, 4) is 0 Å². The quantitative estimate of drug-likeness (QED) is 0.445. The van der Waals surface area contributed by atoms with Crippen molar-refractivity contribution >= 4 is 42.8 Å². The zero-order chi connectivity index (χ0) is 15.7. The smallest absolute Gasteiger partial charge is 0.0384 e. The molecule has 0 amide bonds. The van der Waals surface area contributed by atoms with Gasteiger partial charge < -0.3 is 0 Å². The molecule has 0 saturated heterocycles. The summed E-state index contributed by atoms with van der Waals surface area (Å²) in [5.74, 6) is 1.54. The predicted molar refractivity (Wildman–Crippen MR) is 104 cm³/mol. The third-order valence-electron chi connectivity index (χ3n) is 4.47. The SMILES string of the molecule is CC(C)CCc1c2ccsc2c(CCC(C)C)c2ccsc12. The number of rotatable bonds is 6. The lowest BCUT2D eigenvalue weighted by Crippen LogP contribution is -1.97. The van der Waals surface area contributed by atoms with Gasteiger partial charge in [0.1, 0.15) is 0 Å². The Morgan fingerprint density at radius 3 is 1.50 bits per heavy atom. The van der Waals surface area contributed by atoms with E-state index in [0.29, 0.717) is 0 Å². The van der Waals surface area contributed by atoms with Gasteiger partial charge in [0.25, 0.3) is 0 Å². The highest BCUT2D eigenvalue weighted by molar-refractivity contribution is 7.19. The number of benzene rings is 1. The fourth-order valence-electron chi connectivity index (χ4n) is 3.17. The Balaban J connectivity index is 2.13. The summed E-state index contributed by atoms with van der Waals surface area (Å²) >= 11 is 3.87. The van der Waals surface area contributed by atoms with Crippen molar-refractivity contribution in [1.82, 2.24) is 0 Å². The highest BCUT2D eigenvalue weighted by atomic mass is 32.1. The molecule has 0 N–H and O–H groups in total. The highest BCUT2D eigenvalue weighted by Gasteiger charge is 2.16. The van der Waals surface area contributed by atoms with Crippen molar-refractivity contribution in [2.45, 2.75) is 53.4 Å². The van der Waals surface area contributed by atoms with Crippen molar-refractivity contribution in [3.05, 3.63) is 34.0 Å². The zero-order valence-electron chi connectivity index (χ0n) is 14.1. The molecule has 0 atom stereocenters. The fraction of sp³-hybridized carbons (Fsp3) is 0.500. The minimum absolute atomic E-state index is 0.768. The monoisotopic (exact) mass is 330 g/mol. The topological polar surface area (TPSA) is 0 Å². The van der Waals surface area contributed by atoms with Crippen molar-refractivity contribution in [1.29, 1.82) is 0 Å². The minimum Gasteiger partial charge on any atom is -0.143 e. The Hall–Kier alpha value is -0.860. The van der Waals surface area contributed by atoms with Crippen LogP contribution >= 0.6 is 22.7 Å². The van der Waals surface area contributed by atoms with Crippen LogP contribution in [0.3, 0.4) is 0 Å². The third kappa shape index (κ3) is 3.09. The summed E-state index contributed by atoms with van der Waals surface area (Å²) in [7, 11) is 0. The summed E-state index contributed by atoms with van der Waals surface area (Å²) in [6.07, 6.45) is 4.99. The van der Waals surface area contributed by atoms with Crippen LogP contribution in [-0.4, -0.2) is 0 Å². The molecule has 0 radical (unpaired) electrons. The second-order valence-corrected chi connectivity index (χ2v) is 8.98. The summed E-state index contributed by atoms with van der Waals surface area (Å²) < 4.78 is 3.09. The van der Waals surface area contributed by atoms with Crippen molar-refractivity contribution < 1.29 is 0 Å². The number of fused-ring (bicyclic) bond motifs is 2. The van der Waals surface area contributed by atoms with Crippen molar-refractivity contribution in [2.75, 3.05) is 0 Å². The van der Waals surface area contributed by atoms with E-state index in [2.05, 4.69) is 50.6 Å². The molecule has 2 aromatic heterocycles. The van der Waals surface area contributed by atoms with Gasteiger partial charge in [-0.25, -0.2) is 0 Å². The van der Waals surface area contributed by atoms with Crippen LogP contribution in [0, 0.1) is 11.8 Å². The number of hydrogen-bond acceptors (Lipinski definition) is 2. The van der Waals surface area contributed by atoms with Crippen LogP contribution in [0.5, 0.6) is 0 Å². The van der Waals surface area contributed by atoms with E-state index >= 15 is 0 Å². The number of thiophene rings is 2. The number of aryl methyl sites for hydroxylation is 2. The maximum atomic E-state index is 2.35. The van der Waals surface area contributed by atoms with Gasteiger partial charge in [-0.15, -0.1) is 22.7 Å². The largest absolute Gasteiger partial charge is 0.143 e. The molecule has 3 aromatic rings. The molecule has 0 nitrogen and oxygen atoms in total. The van der Waals surface area contributed by atoms with Gasteiger partial charge in [-0.2, -0.15) is 0 Å². The van der Waals surface area contributed by atoms with Gasteiger partial charge in [0.05, 0.1) is 0 Å². The molecular weight excluding hydrogens is 304 g/mol.